The molecule has 4 heteroatoms. The van der Waals surface area contributed by atoms with Gasteiger partial charge in [-0.25, -0.2) is 0 Å². The standard InChI is InChI=1S/C16H30O4/c1-15(2,3)10-11(13(17)18)8-7-9-12(14(19)20)16(4,5)6/h11-12H,7-10H2,1-6H3,(H,17,18)(H,19,20). The lowest BCUT2D eigenvalue weighted by molar-refractivity contribution is -0.145. The maximum Gasteiger partial charge on any atom is 0.307 e. The fourth-order valence-corrected chi connectivity index (χ4v) is 2.55. The fraction of sp³-hybridized carbons (Fsp3) is 0.875. The first-order valence-electron chi connectivity index (χ1n) is 7.30. The van der Waals surface area contributed by atoms with Crippen molar-refractivity contribution in [2.24, 2.45) is 22.7 Å². The average Bonchev–Trinajstić information content (AvgIpc) is 2.17. The SMILES string of the molecule is CC(C)(C)CC(CCCC(C(=O)O)C(C)(C)C)C(=O)O. The highest BCUT2D eigenvalue weighted by Crippen LogP contribution is 2.33. The molecule has 0 aliphatic heterocycles. The zero-order valence-electron chi connectivity index (χ0n) is 13.7. The van der Waals surface area contributed by atoms with Gasteiger partial charge in [0, 0.05) is 0 Å². The van der Waals surface area contributed by atoms with E-state index >= 15 is 0 Å². The van der Waals surface area contributed by atoms with Gasteiger partial charge in [0.1, 0.15) is 0 Å². The Morgan fingerprint density at radius 1 is 0.900 bits per heavy atom. The Labute approximate surface area is 122 Å². The van der Waals surface area contributed by atoms with Crippen molar-refractivity contribution < 1.29 is 19.8 Å². The molecule has 0 rings (SSSR count). The summed E-state index contributed by atoms with van der Waals surface area (Å²) in [5.74, 6) is -2.38. The molecular weight excluding hydrogens is 256 g/mol. The lowest BCUT2D eigenvalue weighted by atomic mass is 9.76. The normalized spacial score (nSPS) is 15.7. The molecule has 0 spiro atoms. The monoisotopic (exact) mass is 286 g/mol. The molecular formula is C16H30O4. The number of carboxylic acids is 2. The van der Waals surface area contributed by atoms with Gasteiger partial charge in [0.25, 0.3) is 0 Å². The molecule has 0 saturated carbocycles. The van der Waals surface area contributed by atoms with Crippen molar-refractivity contribution in [2.75, 3.05) is 0 Å². The van der Waals surface area contributed by atoms with E-state index in [-0.39, 0.29) is 16.7 Å². The number of carboxylic acid groups (broad SMARTS) is 2. The van der Waals surface area contributed by atoms with E-state index in [2.05, 4.69) is 0 Å². The minimum Gasteiger partial charge on any atom is -0.481 e. The summed E-state index contributed by atoms with van der Waals surface area (Å²) in [6.45, 7) is 11.8. The Bertz CT molecular complexity index is 333. The van der Waals surface area contributed by atoms with Crippen molar-refractivity contribution in [1.82, 2.24) is 0 Å². The molecule has 0 aliphatic carbocycles. The Morgan fingerprint density at radius 3 is 1.70 bits per heavy atom. The van der Waals surface area contributed by atoms with Crippen molar-refractivity contribution in [2.45, 2.75) is 67.2 Å². The average molecular weight is 286 g/mol. The first-order chi connectivity index (χ1) is 8.84. The summed E-state index contributed by atoms with van der Waals surface area (Å²) in [7, 11) is 0. The van der Waals surface area contributed by atoms with Gasteiger partial charge >= 0.3 is 11.9 Å². The first kappa shape index (κ1) is 18.9. The van der Waals surface area contributed by atoms with E-state index in [0.717, 1.165) is 0 Å². The van der Waals surface area contributed by atoms with Crippen LogP contribution in [0, 0.1) is 22.7 Å². The molecule has 20 heavy (non-hydrogen) atoms. The van der Waals surface area contributed by atoms with E-state index in [4.69, 9.17) is 0 Å². The van der Waals surface area contributed by atoms with Gasteiger partial charge in [-0.15, -0.1) is 0 Å². The van der Waals surface area contributed by atoms with Crippen molar-refractivity contribution in [3.05, 3.63) is 0 Å². The number of rotatable bonds is 7. The first-order valence-corrected chi connectivity index (χ1v) is 7.30. The predicted molar refractivity (Wildman–Crippen MR) is 79.6 cm³/mol. The molecule has 0 bridgehead atoms. The lowest BCUT2D eigenvalue weighted by Gasteiger charge is -2.28. The van der Waals surface area contributed by atoms with Crippen LogP contribution in [-0.2, 0) is 9.59 Å². The number of hydrogen-bond acceptors (Lipinski definition) is 2. The van der Waals surface area contributed by atoms with E-state index in [1.54, 1.807) is 0 Å². The third-order valence-electron chi connectivity index (χ3n) is 3.60. The lowest BCUT2D eigenvalue weighted by Crippen LogP contribution is -2.29. The van der Waals surface area contributed by atoms with Crippen molar-refractivity contribution in [3.8, 4) is 0 Å². The number of aliphatic carboxylic acids is 2. The van der Waals surface area contributed by atoms with Crippen LogP contribution in [-0.4, -0.2) is 22.2 Å². The van der Waals surface area contributed by atoms with Crippen LogP contribution in [0.3, 0.4) is 0 Å². The molecule has 0 amide bonds. The third kappa shape index (κ3) is 7.51. The van der Waals surface area contributed by atoms with Gasteiger partial charge in [-0.2, -0.15) is 0 Å². The Kier molecular flexibility index (Phi) is 6.72. The summed E-state index contributed by atoms with van der Waals surface area (Å²) in [4.78, 5) is 22.5. The van der Waals surface area contributed by atoms with Gasteiger partial charge in [0.05, 0.1) is 11.8 Å². The van der Waals surface area contributed by atoms with Crippen LogP contribution in [0.25, 0.3) is 0 Å². The topological polar surface area (TPSA) is 74.6 Å². The minimum absolute atomic E-state index is 0.0285. The summed E-state index contributed by atoms with van der Waals surface area (Å²) >= 11 is 0. The molecule has 2 atom stereocenters. The van der Waals surface area contributed by atoms with Crippen molar-refractivity contribution in [3.63, 3.8) is 0 Å². The second-order valence-electron chi connectivity index (χ2n) is 7.99. The number of carbonyl (C=O) groups is 2. The highest BCUT2D eigenvalue weighted by molar-refractivity contribution is 5.71. The Morgan fingerprint density at radius 2 is 1.40 bits per heavy atom. The molecule has 118 valence electrons. The van der Waals surface area contributed by atoms with E-state index in [1.807, 2.05) is 41.5 Å². The van der Waals surface area contributed by atoms with E-state index in [0.29, 0.717) is 25.7 Å². The van der Waals surface area contributed by atoms with Gasteiger partial charge in [0.2, 0.25) is 0 Å². The van der Waals surface area contributed by atoms with Crippen LogP contribution >= 0.6 is 0 Å². The molecule has 0 saturated heterocycles. The summed E-state index contributed by atoms with van der Waals surface area (Å²) in [5.41, 5.74) is -0.326. The highest BCUT2D eigenvalue weighted by atomic mass is 16.4. The summed E-state index contributed by atoms with van der Waals surface area (Å²) < 4.78 is 0. The second-order valence-corrected chi connectivity index (χ2v) is 7.99. The van der Waals surface area contributed by atoms with E-state index in [1.165, 1.54) is 0 Å². The van der Waals surface area contributed by atoms with Gasteiger partial charge in [-0.3, -0.25) is 9.59 Å². The molecule has 2 unspecified atom stereocenters. The van der Waals surface area contributed by atoms with Crippen LogP contribution in [0.4, 0.5) is 0 Å². The zero-order valence-corrected chi connectivity index (χ0v) is 13.7. The predicted octanol–water partition coefficient (Wildman–Crippen LogP) is 4.04. The molecule has 4 nitrogen and oxygen atoms in total. The zero-order chi connectivity index (χ0) is 16.1. The summed E-state index contributed by atoms with van der Waals surface area (Å²) in [5, 5.41) is 18.5. The second kappa shape index (κ2) is 7.09. The largest absolute Gasteiger partial charge is 0.481 e. The fourth-order valence-electron chi connectivity index (χ4n) is 2.55. The molecule has 2 N–H and O–H groups in total. The molecule has 0 aromatic carbocycles. The molecule has 0 aromatic heterocycles. The summed E-state index contributed by atoms with van der Waals surface area (Å²) in [6, 6.07) is 0. The Balaban J connectivity index is 4.50. The smallest absolute Gasteiger partial charge is 0.307 e. The minimum atomic E-state index is -0.791. The maximum absolute atomic E-state index is 11.3. The van der Waals surface area contributed by atoms with Crippen LogP contribution in [0.5, 0.6) is 0 Å². The van der Waals surface area contributed by atoms with Crippen LogP contribution in [0.15, 0.2) is 0 Å². The molecule has 0 fully saturated rings. The van der Waals surface area contributed by atoms with Crippen molar-refractivity contribution in [1.29, 1.82) is 0 Å². The van der Waals surface area contributed by atoms with E-state index in [9.17, 15) is 19.8 Å². The number of hydrogen-bond donors (Lipinski definition) is 2. The van der Waals surface area contributed by atoms with Gasteiger partial charge < -0.3 is 10.2 Å². The van der Waals surface area contributed by atoms with Crippen LogP contribution in [0.2, 0.25) is 0 Å². The van der Waals surface area contributed by atoms with Gasteiger partial charge in [-0.05, 0) is 30.1 Å². The van der Waals surface area contributed by atoms with Gasteiger partial charge in [0.15, 0.2) is 0 Å². The summed E-state index contributed by atoms with van der Waals surface area (Å²) in [6.07, 6.45) is 2.34. The Hall–Kier alpha value is -1.06. The van der Waals surface area contributed by atoms with Crippen LogP contribution < -0.4 is 0 Å². The third-order valence-corrected chi connectivity index (χ3v) is 3.60. The van der Waals surface area contributed by atoms with E-state index < -0.39 is 17.9 Å². The molecule has 0 radical (unpaired) electrons. The highest BCUT2D eigenvalue weighted by Gasteiger charge is 2.31. The van der Waals surface area contributed by atoms with Gasteiger partial charge in [-0.1, -0.05) is 48.0 Å². The van der Waals surface area contributed by atoms with Crippen LogP contribution in [0.1, 0.15) is 67.2 Å². The molecule has 0 aliphatic rings. The van der Waals surface area contributed by atoms with Crippen molar-refractivity contribution >= 4 is 11.9 Å². The maximum atomic E-state index is 11.3. The quantitative estimate of drug-likeness (QED) is 0.740. The molecule has 0 aromatic rings. The molecule has 0 heterocycles.